The summed E-state index contributed by atoms with van der Waals surface area (Å²) in [6, 6.07) is 7.90. The van der Waals surface area contributed by atoms with Crippen LogP contribution in [-0.2, 0) is 19.3 Å². The largest absolute Gasteiger partial charge is 0.439 e. The normalized spacial score (nSPS) is 13.3. The monoisotopic (exact) mass is 255 g/mol. The predicted octanol–water partition coefficient (Wildman–Crippen LogP) is 2.90. The second kappa shape index (κ2) is 4.88. The number of ether oxygens (including phenoxy) is 1. The van der Waals surface area contributed by atoms with Crippen LogP contribution in [0, 0.1) is 0 Å². The number of fused-ring (bicyclic) bond motifs is 1. The van der Waals surface area contributed by atoms with Crippen molar-refractivity contribution in [2.24, 2.45) is 0 Å². The summed E-state index contributed by atoms with van der Waals surface area (Å²) >= 11 is 0. The molecule has 0 bridgehead atoms. The van der Waals surface area contributed by atoms with Gasteiger partial charge in [0, 0.05) is 12.5 Å². The summed E-state index contributed by atoms with van der Waals surface area (Å²) in [5, 5.41) is 0. The van der Waals surface area contributed by atoms with Crippen molar-refractivity contribution >= 4 is 5.82 Å². The first-order valence-electron chi connectivity index (χ1n) is 6.67. The van der Waals surface area contributed by atoms with E-state index in [1.807, 2.05) is 13.0 Å². The van der Waals surface area contributed by atoms with Gasteiger partial charge in [0.15, 0.2) is 0 Å². The van der Waals surface area contributed by atoms with Crippen molar-refractivity contribution < 1.29 is 4.74 Å². The van der Waals surface area contributed by atoms with Crippen molar-refractivity contribution in [2.75, 3.05) is 5.73 Å². The Kier molecular flexibility index (Phi) is 3.07. The summed E-state index contributed by atoms with van der Waals surface area (Å²) < 4.78 is 5.80. The number of hydrogen-bond donors (Lipinski definition) is 1. The van der Waals surface area contributed by atoms with E-state index in [4.69, 9.17) is 10.5 Å². The lowest BCUT2D eigenvalue weighted by molar-refractivity contribution is 0.459. The zero-order valence-corrected chi connectivity index (χ0v) is 11.0. The Hall–Kier alpha value is -2.10. The molecule has 19 heavy (non-hydrogen) atoms. The van der Waals surface area contributed by atoms with Gasteiger partial charge in [-0.2, -0.15) is 4.98 Å². The summed E-state index contributed by atoms with van der Waals surface area (Å²) in [5.74, 6) is 2.49. The third kappa shape index (κ3) is 2.52. The van der Waals surface area contributed by atoms with E-state index < -0.39 is 0 Å². The van der Waals surface area contributed by atoms with Gasteiger partial charge in [-0.15, -0.1) is 0 Å². The standard InChI is InChI=1S/C15H17N3O/c1-2-14-17-13(16)9-15(18-14)19-12-7-6-10-4-3-5-11(10)8-12/h6-9H,2-5H2,1H3,(H2,16,17,18). The first-order valence-corrected chi connectivity index (χ1v) is 6.67. The molecule has 0 radical (unpaired) electrons. The zero-order valence-electron chi connectivity index (χ0n) is 11.0. The number of aromatic nitrogens is 2. The molecule has 1 aromatic carbocycles. The number of benzene rings is 1. The fourth-order valence-corrected chi connectivity index (χ4v) is 2.44. The van der Waals surface area contributed by atoms with Crippen LogP contribution in [0.15, 0.2) is 24.3 Å². The number of nitrogens with two attached hydrogens (primary N) is 1. The summed E-state index contributed by atoms with van der Waals surface area (Å²) in [5.41, 5.74) is 8.57. The van der Waals surface area contributed by atoms with Crippen molar-refractivity contribution in [3.05, 3.63) is 41.2 Å². The average molecular weight is 255 g/mol. The molecule has 0 unspecified atom stereocenters. The Morgan fingerprint density at radius 3 is 2.84 bits per heavy atom. The Labute approximate surface area is 112 Å². The Bertz CT molecular complexity index is 610. The molecular weight excluding hydrogens is 238 g/mol. The fourth-order valence-electron chi connectivity index (χ4n) is 2.44. The lowest BCUT2D eigenvalue weighted by atomic mass is 10.1. The van der Waals surface area contributed by atoms with Crippen molar-refractivity contribution in [3.63, 3.8) is 0 Å². The molecule has 0 saturated carbocycles. The summed E-state index contributed by atoms with van der Waals surface area (Å²) in [6.07, 6.45) is 4.29. The smallest absolute Gasteiger partial charge is 0.224 e. The Balaban J connectivity index is 1.86. The minimum absolute atomic E-state index is 0.447. The van der Waals surface area contributed by atoms with E-state index in [-0.39, 0.29) is 0 Å². The van der Waals surface area contributed by atoms with Gasteiger partial charge in [0.25, 0.3) is 0 Å². The van der Waals surface area contributed by atoms with Crippen LogP contribution in [0.4, 0.5) is 5.82 Å². The van der Waals surface area contributed by atoms with Crippen molar-refractivity contribution in [1.29, 1.82) is 0 Å². The highest BCUT2D eigenvalue weighted by atomic mass is 16.5. The number of rotatable bonds is 3. The summed E-state index contributed by atoms with van der Waals surface area (Å²) in [4.78, 5) is 8.47. The molecule has 4 heteroatoms. The maximum absolute atomic E-state index is 5.80. The Morgan fingerprint density at radius 1 is 1.16 bits per heavy atom. The van der Waals surface area contributed by atoms with E-state index >= 15 is 0 Å². The van der Waals surface area contributed by atoms with Gasteiger partial charge in [-0.25, -0.2) is 4.98 Å². The molecule has 0 atom stereocenters. The fraction of sp³-hybridized carbons (Fsp3) is 0.333. The lowest BCUT2D eigenvalue weighted by Gasteiger charge is -2.08. The third-order valence-corrected chi connectivity index (χ3v) is 3.38. The van der Waals surface area contributed by atoms with Crippen molar-refractivity contribution in [2.45, 2.75) is 32.6 Å². The van der Waals surface area contributed by atoms with Gasteiger partial charge in [0.05, 0.1) is 0 Å². The van der Waals surface area contributed by atoms with Crippen molar-refractivity contribution in [3.8, 4) is 11.6 Å². The quantitative estimate of drug-likeness (QED) is 0.916. The molecule has 0 fully saturated rings. The van der Waals surface area contributed by atoms with Crippen LogP contribution in [0.1, 0.15) is 30.3 Å². The zero-order chi connectivity index (χ0) is 13.2. The summed E-state index contributed by atoms with van der Waals surface area (Å²) in [6.45, 7) is 1.99. The SMILES string of the molecule is CCc1nc(N)cc(Oc2ccc3c(c2)CCC3)n1. The van der Waals surface area contributed by atoms with E-state index in [0.29, 0.717) is 17.5 Å². The topological polar surface area (TPSA) is 61.0 Å². The van der Waals surface area contributed by atoms with Crippen LogP contribution in [-0.4, -0.2) is 9.97 Å². The van der Waals surface area contributed by atoms with Crippen LogP contribution in [0.2, 0.25) is 0 Å². The molecule has 98 valence electrons. The minimum atomic E-state index is 0.447. The van der Waals surface area contributed by atoms with E-state index in [2.05, 4.69) is 22.1 Å². The molecule has 1 heterocycles. The first-order chi connectivity index (χ1) is 9.24. The van der Waals surface area contributed by atoms with Gasteiger partial charge in [-0.05, 0) is 42.5 Å². The minimum Gasteiger partial charge on any atom is -0.439 e. The molecule has 0 aliphatic heterocycles. The van der Waals surface area contributed by atoms with Gasteiger partial charge < -0.3 is 10.5 Å². The van der Waals surface area contributed by atoms with Gasteiger partial charge in [-0.1, -0.05) is 13.0 Å². The average Bonchev–Trinajstić information content (AvgIpc) is 2.85. The molecule has 1 aromatic heterocycles. The summed E-state index contributed by atoms with van der Waals surface area (Å²) in [7, 11) is 0. The van der Waals surface area contributed by atoms with Crippen LogP contribution in [0.5, 0.6) is 11.6 Å². The highest BCUT2D eigenvalue weighted by Gasteiger charge is 2.12. The maximum atomic E-state index is 5.80. The molecule has 2 N–H and O–H groups in total. The van der Waals surface area contributed by atoms with E-state index in [1.54, 1.807) is 6.07 Å². The number of anilines is 1. The second-order valence-corrected chi connectivity index (χ2v) is 4.79. The molecule has 1 aliphatic carbocycles. The number of aryl methyl sites for hydroxylation is 3. The van der Waals surface area contributed by atoms with Gasteiger partial charge >= 0.3 is 0 Å². The number of nitrogens with zero attached hydrogens (tertiary/aromatic N) is 2. The second-order valence-electron chi connectivity index (χ2n) is 4.79. The lowest BCUT2D eigenvalue weighted by Crippen LogP contribution is -2.00. The highest BCUT2D eigenvalue weighted by molar-refractivity contribution is 5.41. The molecule has 0 saturated heterocycles. The molecule has 0 amide bonds. The van der Waals surface area contributed by atoms with Crippen LogP contribution in [0.25, 0.3) is 0 Å². The van der Waals surface area contributed by atoms with Crippen LogP contribution >= 0.6 is 0 Å². The van der Waals surface area contributed by atoms with Crippen LogP contribution < -0.4 is 10.5 Å². The molecular formula is C15H17N3O. The molecule has 4 nitrogen and oxygen atoms in total. The van der Waals surface area contributed by atoms with Gasteiger partial charge in [-0.3, -0.25) is 0 Å². The Morgan fingerprint density at radius 2 is 2.00 bits per heavy atom. The maximum Gasteiger partial charge on any atom is 0.224 e. The van der Waals surface area contributed by atoms with E-state index in [0.717, 1.165) is 18.6 Å². The van der Waals surface area contributed by atoms with Gasteiger partial charge in [0.2, 0.25) is 5.88 Å². The highest BCUT2D eigenvalue weighted by Crippen LogP contribution is 2.28. The molecule has 2 aromatic rings. The number of nitrogen functional groups attached to an aromatic ring is 1. The molecule has 0 spiro atoms. The van der Waals surface area contributed by atoms with Crippen LogP contribution in [0.3, 0.4) is 0 Å². The molecule has 3 rings (SSSR count). The van der Waals surface area contributed by atoms with Crippen molar-refractivity contribution in [1.82, 2.24) is 9.97 Å². The third-order valence-electron chi connectivity index (χ3n) is 3.38. The molecule has 1 aliphatic rings. The van der Waals surface area contributed by atoms with Gasteiger partial charge in [0.1, 0.15) is 17.4 Å². The first kappa shape index (κ1) is 12.0. The predicted molar refractivity (Wildman–Crippen MR) is 74.4 cm³/mol. The van der Waals surface area contributed by atoms with E-state index in [1.165, 1.54) is 24.0 Å². The van der Waals surface area contributed by atoms with E-state index in [9.17, 15) is 0 Å². The number of hydrogen-bond acceptors (Lipinski definition) is 4.